The van der Waals surface area contributed by atoms with Crippen LogP contribution in [0, 0.1) is 0 Å². The zero-order chi connectivity index (χ0) is 19.7. The van der Waals surface area contributed by atoms with Crippen LogP contribution in [0.2, 0.25) is 0 Å². The Hall–Kier alpha value is -3.19. The monoisotopic (exact) mass is 379 g/mol. The SMILES string of the molecule is COc1ccccc1-n1nc(C(=O)N2CC[NH+](C)CC2)c2ccccc2c1=O. The van der Waals surface area contributed by atoms with Crippen LogP contribution in [-0.4, -0.2) is 60.9 Å². The highest BCUT2D eigenvalue weighted by Crippen LogP contribution is 2.22. The van der Waals surface area contributed by atoms with Gasteiger partial charge in [-0.2, -0.15) is 9.78 Å². The lowest BCUT2D eigenvalue weighted by molar-refractivity contribution is -0.883. The Kier molecular flexibility index (Phi) is 4.83. The number of benzene rings is 2. The van der Waals surface area contributed by atoms with Gasteiger partial charge in [0.2, 0.25) is 0 Å². The standard InChI is InChI=1S/C21H22N4O3/c1-23-11-13-24(14-12-23)21(27)19-15-7-3-4-8-16(15)20(26)25(22-19)17-9-5-6-10-18(17)28-2/h3-10H,11-14H2,1-2H3/p+1. The molecule has 1 aliphatic rings. The third kappa shape index (κ3) is 3.14. The Labute approximate surface area is 162 Å². The summed E-state index contributed by atoms with van der Waals surface area (Å²) >= 11 is 0. The second-order valence-corrected chi connectivity index (χ2v) is 7.03. The van der Waals surface area contributed by atoms with Gasteiger partial charge >= 0.3 is 0 Å². The molecule has 7 heteroatoms. The van der Waals surface area contributed by atoms with Gasteiger partial charge < -0.3 is 14.5 Å². The van der Waals surface area contributed by atoms with Gasteiger partial charge in [-0.25, -0.2) is 0 Å². The van der Waals surface area contributed by atoms with Crippen LogP contribution in [0.5, 0.6) is 5.75 Å². The number of amides is 1. The van der Waals surface area contributed by atoms with Gasteiger partial charge in [-0.15, -0.1) is 0 Å². The highest BCUT2D eigenvalue weighted by atomic mass is 16.5. The number of hydrogen-bond donors (Lipinski definition) is 1. The number of nitrogens with zero attached hydrogens (tertiary/aromatic N) is 3. The van der Waals surface area contributed by atoms with Crippen LogP contribution in [0.1, 0.15) is 10.5 Å². The van der Waals surface area contributed by atoms with Crippen molar-refractivity contribution in [1.29, 1.82) is 0 Å². The Morgan fingerprint density at radius 2 is 1.68 bits per heavy atom. The maximum absolute atomic E-state index is 13.3. The van der Waals surface area contributed by atoms with Gasteiger partial charge in [-0.3, -0.25) is 9.59 Å². The molecule has 0 radical (unpaired) electrons. The molecule has 2 heterocycles. The number of ether oxygens (including phenoxy) is 1. The largest absolute Gasteiger partial charge is 0.494 e. The van der Waals surface area contributed by atoms with Crippen molar-refractivity contribution in [3.8, 4) is 11.4 Å². The topological polar surface area (TPSA) is 68.9 Å². The van der Waals surface area contributed by atoms with E-state index < -0.39 is 0 Å². The molecule has 7 nitrogen and oxygen atoms in total. The van der Waals surface area contributed by atoms with Gasteiger partial charge in [0.25, 0.3) is 11.5 Å². The van der Waals surface area contributed by atoms with Crippen LogP contribution in [0.25, 0.3) is 16.5 Å². The number of hydrogen-bond acceptors (Lipinski definition) is 4. The van der Waals surface area contributed by atoms with Crippen LogP contribution < -0.4 is 15.2 Å². The van der Waals surface area contributed by atoms with Crippen LogP contribution in [0.3, 0.4) is 0 Å². The zero-order valence-corrected chi connectivity index (χ0v) is 16.0. The number of para-hydroxylation sites is 2. The highest BCUT2D eigenvalue weighted by Gasteiger charge is 2.26. The maximum atomic E-state index is 13.3. The van der Waals surface area contributed by atoms with E-state index in [1.54, 1.807) is 37.4 Å². The number of likely N-dealkylation sites (N-methyl/N-ethyl adjacent to an activating group) is 1. The molecular formula is C21H23N4O3+. The van der Waals surface area contributed by atoms with E-state index in [-0.39, 0.29) is 11.5 Å². The maximum Gasteiger partial charge on any atom is 0.279 e. The van der Waals surface area contributed by atoms with Gasteiger partial charge in [-0.1, -0.05) is 30.3 Å². The molecule has 1 saturated heterocycles. The quantitative estimate of drug-likeness (QED) is 0.714. The van der Waals surface area contributed by atoms with Crippen molar-refractivity contribution in [2.75, 3.05) is 40.3 Å². The predicted molar refractivity (Wildman–Crippen MR) is 106 cm³/mol. The average molecular weight is 379 g/mol. The molecule has 2 aromatic carbocycles. The molecule has 0 saturated carbocycles. The van der Waals surface area contributed by atoms with Gasteiger partial charge in [0.15, 0.2) is 5.69 Å². The Morgan fingerprint density at radius 3 is 2.39 bits per heavy atom. The minimum atomic E-state index is -0.278. The fourth-order valence-corrected chi connectivity index (χ4v) is 3.56. The molecule has 1 aliphatic heterocycles. The van der Waals surface area contributed by atoms with Crippen molar-refractivity contribution in [3.05, 3.63) is 64.6 Å². The molecule has 1 amide bonds. The Balaban J connectivity index is 1.90. The van der Waals surface area contributed by atoms with E-state index in [2.05, 4.69) is 12.1 Å². The van der Waals surface area contributed by atoms with E-state index in [0.717, 1.165) is 13.1 Å². The molecule has 0 atom stereocenters. The number of rotatable bonds is 3. The van der Waals surface area contributed by atoms with E-state index in [1.165, 1.54) is 9.58 Å². The van der Waals surface area contributed by atoms with Gasteiger partial charge in [-0.05, 0) is 18.2 Å². The van der Waals surface area contributed by atoms with Crippen molar-refractivity contribution >= 4 is 16.7 Å². The van der Waals surface area contributed by atoms with E-state index in [4.69, 9.17) is 4.74 Å². The minimum Gasteiger partial charge on any atom is -0.494 e. The number of methoxy groups -OCH3 is 1. The van der Waals surface area contributed by atoms with Crippen LogP contribution in [-0.2, 0) is 0 Å². The average Bonchev–Trinajstić information content (AvgIpc) is 2.74. The molecule has 0 unspecified atom stereocenters. The summed E-state index contributed by atoms with van der Waals surface area (Å²) in [5.41, 5.74) is 0.526. The first-order valence-corrected chi connectivity index (χ1v) is 9.36. The first-order chi connectivity index (χ1) is 13.6. The van der Waals surface area contributed by atoms with E-state index in [1.807, 2.05) is 23.1 Å². The minimum absolute atomic E-state index is 0.146. The lowest BCUT2D eigenvalue weighted by atomic mass is 10.1. The van der Waals surface area contributed by atoms with Crippen molar-refractivity contribution in [2.45, 2.75) is 0 Å². The molecule has 0 spiro atoms. The third-order valence-electron chi connectivity index (χ3n) is 5.23. The number of piperazine rings is 1. The predicted octanol–water partition coefficient (Wildman–Crippen LogP) is 0.365. The number of fused-ring (bicyclic) bond motifs is 1. The summed E-state index contributed by atoms with van der Waals surface area (Å²) in [5.74, 6) is 0.376. The fraction of sp³-hybridized carbons (Fsp3) is 0.286. The lowest BCUT2D eigenvalue weighted by Gasteiger charge is -2.30. The molecule has 1 aromatic heterocycles. The van der Waals surface area contributed by atoms with Crippen molar-refractivity contribution in [1.82, 2.24) is 14.7 Å². The second-order valence-electron chi connectivity index (χ2n) is 7.03. The molecule has 28 heavy (non-hydrogen) atoms. The summed E-state index contributed by atoms with van der Waals surface area (Å²) in [6.07, 6.45) is 0. The molecule has 3 aromatic rings. The van der Waals surface area contributed by atoms with Gasteiger partial charge in [0.05, 0.1) is 45.7 Å². The molecule has 1 fully saturated rings. The summed E-state index contributed by atoms with van der Waals surface area (Å²) < 4.78 is 6.67. The highest BCUT2D eigenvalue weighted by molar-refractivity contribution is 6.04. The lowest BCUT2D eigenvalue weighted by Crippen LogP contribution is -3.12. The number of nitrogens with one attached hydrogen (secondary N) is 1. The third-order valence-corrected chi connectivity index (χ3v) is 5.23. The number of carbonyl (C=O) groups is 1. The number of quaternary nitrogens is 1. The summed E-state index contributed by atoms with van der Waals surface area (Å²) in [6, 6.07) is 14.3. The van der Waals surface area contributed by atoms with Crippen molar-refractivity contribution < 1.29 is 14.4 Å². The van der Waals surface area contributed by atoms with Crippen LogP contribution in [0.4, 0.5) is 0 Å². The van der Waals surface area contributed by atoms with Gasteiger partial charge in [0, 0.05) is 5.39 Å². The Morgan fingerprint density at radius 1 is 1.04 bits per heavy atom. The molecule has 1 N–H and O–H groups in total. The van der Waals surface area contributed by atoms with Crippen LogP contribution >= 0.6 is 0 Å². The van der Waals surface area contributed by atoms with E-state index >= 15 is 0 Å². The summed E-state index contributed by atoms with van der Waals surface area (Å²) in [6.45, 7) is 3.15. The zero-order valence-electron chi connectivity index (χ0n) is 16.0. The number of aromatic nitrogens is 2. The molecule has 0 aliphatic carbocycles. The van der Waals surface area contributed by atoms with Crippen LogP contribution in [0.15, 0.2) is 53.3 Å². The summed E-state index contributed by atoms with van der Waals surface area (Å²) in [7, 11) is 3.67. The smallest absolute Gasteiger partial charge is 0.279 e. The summed E-state index contributed by atoms with van der Waals surface area (Å²) in [4.78, 5) is 29.6. The normalized spacial score (nSPS) is 15.0. The molecule has 144 valence electrons. The second kappa shape index (κ2) is 7.44. The summed E-state index contributed by atoms with van der Waals surface area (Å²) in [5, 5.41) is 5.54. The van der Waals surface area contributed by atoms with Crippen molar-refractivity contribution in [2.24, 2.45) is 0 Å². The number of carbonyl (C=O) groups excluding carboxylic acids is 1. The molecule has 4 rings (SSSR count). The van der Waals surface area contributed by atoms with E-state index in [0.29, 0.717) is 41.0 Å². The van der Waals surface area contributed by atoms with Crippen molar-refractivity contribution in [3.63, 3.8) is 0 Å². The Bertz CT molecular complexity index is 1080. The first kappa shape index (κ1) is 18.2. The van der Waals surface area contributed by atoms with Gasteiger partial charge in [0.1, 0.15) is 11.4 Å². The molecule has 0 bridgehead atoms. The van der Waals surface area contributed by atoms with E-state index in [9.17, 15) is 9.59 Å². The first-order valence-electron chi connectivity index (χ1n) is 9.36. The molecular weight excluding hydrogens is 356 g/mol. The fourth-order valence-electron chi connectivity index (χ4n) is 3.56.